The molecule has 5 heterocycles. The summed E-state index contributed by atoms with van der Waals surface area (Å²) >= 11 is 0. The van der Waals surface area contributed by atoms with Crippen molar-refractivity contribution in [3.05, 3.63) is 42.6 Å². The van der Waals surface area contributed by atoms with Gasteiger partial charge in [-0.2, -0.15) is 26.3 Å². The highest BCUT2D eigenvalue weighted by molar-refractivity contribution is 5.94. The third-order valence-electron chi connectivity index (χ3n) is 5.94. The molecule has 3 aromatic rings. The number of H-pyrrole nitrogens is 1. The number of nitrogens with zero attached hydrogens (tertiary/aromatic N) is 4. The Morgan fingerprint density at radius 2 is 1.54 bits per heavy atom. The van der Waals surface area contributed by atoms with Crippen LogP contribution in [-0.4, -0.2) is 78.3 Å². The number of pyridine rings is 2. The highest BCUT2D eigenvalue weighted by Gasteiger charge is 2.39. The van der Waals surface area contributed by atoms with Crippen LogP contribution in [0.2, 0.25) is 0 Å². The van der Waals surface area contributed by atoms with Gasteiger partial charge in [-0.25, -0.2) is 19.6 Å². The highest BCUT2D eigenvalue weighted by Crippen LogP contribution is 2.43. The zero-order valence-electron chi connectivity index (χ0n) is 21.0. The summed E-state index contributed by atoms with van der Waals surface area (Å²) in [6, 6.07) is 5.96. The minimum absolute atomic E-state index is 0.149. The summed E-state index contributed by atoms with van der Waals surface area (Å²) in [5.41, 5.74) is 4.85. The molecule has 41 heavy (non-hydrogen) atoms. The smallest absolute Gasteiger partial charge is 0.475 e. The van der Waals surface area contributed by atoms with Crippen LogP contribution < -0.4 is 5.32 Å². The van der Waals surface area contributed by atoms with E-state index in [4.69, 9.17) is 24.8 Å². The topological polar surface area (TPSA) is 161 Å². The van der Waals surface area contributed by atoms with Gasteiger partial charge in [0.05, 0.1) is 17.6 Å². The number of rotatable bonds is 1. The number of hydrogen-bond acceptors (Lipinski definition) is 7. The monoisotopic (exact) mass is 588 g/mol. The van der Waals surface area contributed by atoms with Gasteiger partial charge in [-0.15, -0.1) is 0 Å². The van der Waals surface area contributed by atoms with Crippen LogP contribution in [0.3, 0.4) is 0 Å². The molecule has 1 saturated heterocycles. The molecule has 3 aromatic heterocycles. The summed E-state index contributed by atoms with van der Waals surface area (Å²) in [5, 5.41) is 17.6. The Morgan fingerprint density at radius 1 is 0.951 bits per heavy atom. The van der Waals surface area contributed by atoms with E-state index in [0.717, 1.165) is 65.8 Å². The summed E-state index contributed by atoms with van der Waals surface area (Å²) in [4.78, 5) is 48.6. The van der Waals surface area contributed by atoms with Crippen molar-refractivity contribution in [3.8, 4) is 22.5 Å². The van der Waals surface area contributed by atoms with Gasteiger partial charge in [-0.3, -0.25) is 9.78 Å². The molecule has 0 saturated carbocycles. The number of aliphatic carboxylic acids is 2. The van der Waals surface area contributed by atoms with E-state index in [-0.39, 0.29) is 5.91 Å². The molecule has 0 aromatic carbocycles. The van der Waals surface area contributed by atoms with Crippen LogP contribution in [-0.2, 0) is 14.4 Å². The molecule has 0 spiro atoms. The van der Waals surface area contributed by atoms with Crippen LogP contribution in [0.5, 0.6) is 0 Å². The number of alkyl halides is 6. The molecule has 1 fully saturated rings. The standard InChI is InChI=1S/C20H20N6O.2C2HF3O2/c1-12(27)26-9-5-13(6-10-26)19-24-17-14-4-8-21-11-16(14)23-20-15(18(17)25-19)3-2-7-22-20;2*3-2(4,5)1(6)7/h2-4,7-8,11,13H,5-6,9-10H2,1H3,(H,22,23)(H,24,25);2*(H,6,7). The average Bonchev–Trinajstić information content (AvgIpc) is 3.29. The van der Waals surface area contributed by atoms with Crippen molar-refractivity contribution in [1.82, 2.24) is 24.8 Å². The quantitative estimate of drug-likeness (QED) is 0.233. The number of amides is 1. The number of carboxylic acids is 2. The third-order valence-corrected chi connectivity index (χ3v) is 5.94. The summed E-state index contributed by atoms with van der Waals surface area (Å²) in [7, 11) is 0. The van der Waals surface area contributed by atoms with Gasteiger partial charge < -0.3 is 25.4 Å². The number of aromatic nitrogens is 4. The van der Waals surface area contributed by atoms with Crippen molar-refractivity contribution in [1.29, 1.82) is 0 Å². The van der Waals surface area contributed by atoms with Crippen molar-refractivity contribution in [3.63, 3.8) is 0 Å². The Hall–Kier alpha value is -4.70. The molecule has 5 rings (SSSR count). The highest BCUT2D eigenvalue weighted by atomic mass is 19.4. The number of imidazole rings is 1. The summed E-state index contributed by atoms with van der Waals surface area (Å²) in [6.07, 6.45) is -2.94. The van der Waals surface area contributed by atoms with Crippen molar-refractivity contribution in [2.75, 3.05) is 18.4 Å². The van der Waals surface area contributed by atoms with E-state index < -0.39 is 24.3 Å². The molecule has 17 heteroatoms. The Labute approximate surface area is 227 Å². The maximum atomic E-state index is 11.6. The SMILES string of the molecule is CC(=O)N1CCC(c2nc3c([nH]2)-c2ccncc2Nc2ncccc2-3)CC1.O=C(O)C(F)(F)F.O=C(O)C(F)(F)F. The fraction of sp³-hybridized carbons (Fsp3) is 0.333. The van der Waals surface area contributed by atoms with Gasteiger partial charge in [-0.1, -0.05) is 0 Å². The molecule has 0 atom stereocenters. The maximum Gasteiger partial charge on any atom is 0.490 e. The molecule has 4 N–H and O–H groups in total. The number of hydrogen-bond donors (Lipinski definition) is 4. The van der Waals surface area contributed by atoms with E-state index >= 15 is 0 Å². The Balaban J connectivity index is 0.000000276. The number of carbonyl (C=O) groups excluding carboxylic acids is 1. The van der Waals surface area contributed by atoms with E-state index in [1.54, 1.807) is 19.3 Å². The lowest BCUT2D eigenvalue weighted by atomic mass is 9.96. The van der Waals surface area contributed by atoms with Crippen molar-refractivity contribution < 1.29 is 50.9 Å². The van der Waals surface area contributed by atoms with Gasteiger partial charge >= 0.3 is 24.3 Å². The Kier molecular flexibility index (Phi) is 9.19. The van der Waals surface area contributed by atoms with Gasteiger partial charge in [0.2, 0.25) is 5.91 Å². The lowest BCUT2D eigenvalue weighted by molar-refractivity contribution is -0.193. The first-order chi connectivity index (χ1) is 19.1. The summed E-state index contributed by atoms with van der Waals surface area (Å²) in [6.45, 7) is 3.20. The second kappa shape index (κ2) is 12.2. The number of fused-ring (bicyclic) bond motifs is 5. The van der Waals surface area contributed by atoms with Crippen LogP contribution in [0.15, 0.2) is 36.8 Å². The lowest BCUT2D eigenvalue weighted by Gasteiger charge is -2.30. The number of piperidine rings is 1. The first-order valence-electron chi connectivity index (χ1n) is 11.7. The van der Waals surface area contributed by atoms with Crippen LogP contribution in [0, 0.1) is 0 Å². The average molecular weight is 588 g/mol. The minimum atomic E-state index is -5.08. The van der Waals surface area contributed by atoms with E-state index in [1.807, 2.05) is 29.3 Å². The molecule has 2 aliphatic rings. The number of aromatic amines is 1. The van der Waals surface area contributed by atoms with Crippen molar-refractivity contribution >= 4 is 29.4 Å². The maximum absolute atomic E-state index is 11.6. The number of likely N-dealkylation sites (tertiary alicyclic amines) is 1. The number of carboxylic acid groups (broad SMARTS) is 2. The minimum Gasteiger partial charge on any atom is -0.475 e. The number of carbonyl (C=O) groups is 3. The number of anilines is 2. The summed E-state index contributed by atoms with van der Waals surface area (Å²) < 4.78 is 63.5. The van der Waals surface area contributed by atoms with Crippen LogP contribution in [0.1, 0.15) is 31.5 Å². The zero-order valence-corrected chi connectivity index (χ0v) is 21.0. The summed E-state index contributed by atoms with van der Waals surface area (Å²) in [5.74, 6) is -3.26. The van der Waals surface area contributed by atoms with Gasteiger partial charge in [0, 0.05) is 49.5 Å². The third kappa shape index (κ3) is 7.70. The molecular formula is C24H22F6N6O5. The number of nitrogens with one attached hydrogen (secondary N) is 2. The van der Waals surface area contributed by atoms with Gasteiger partial charge in [0.1, 0.15) is 17.3 Å². The second-order valence-electron chi connectivity index (χ2n) is 8.68. The lowest BCUT2D eigenvalue weighted by Crippen LogP contribution is -2.36. The van der Waals surface area contributed by atoms with Crippen molar-refractivity contribution in [2.24, 2.45) is 0 Å². The van der Waals surface area contributed by atoms with Gasteiger partial charge in [-0.05, 0) is 31.0 Å². The van der Waals surface area contributed by atoms with Crippen LogP contribution in [0.4, 0.5) is 37.8 Å². The van der Waals surface area contributed by atoms with E-state index in [9.17, 15) is 31.1 Å². The Morgan fingerprint density at radius 3 is 2.07 bits per heavy atom. The molecule has 0 unspecified atom stereocenters. The molecule has 0 bridgehead atoms. The van der Waals surface area contributed by atoms with E-state index in [1.165, 1.54) is 0 Å². The molecular weight excluding hydrogens is 566 g/mol. The fourth-order valence-electron chi connectivity index (χ4n) is 3.98. The fourth-order valence-corrected chi connectivity index (χ4v) is 3.98. The predicted octanol–water partition coefficient (Wildman–Crippen LogP) is 4.58. The predicted molar refractivity (Wildman–Crippen MR) is 130 cm³/mol. The molecule has 220 valence electrons. The molecule has 2 aliphatic heterocycles. The van der Waals surface area contributed by atoms with Gasteiger partial charge in [0.15, 0.2) is 0 Å². The second-order valence-corrected chi connectivity index (χ2v) is 8.68. The van der Waals surface area contributed by atoms with Crippen LogP contribution in [0.25, 0.3) is 22.5 Å². The molecule has 1 amide bonds. The van der Waals surface area contributed by atoms with E-state index in [0.29, 0.717) is 5.92 Å². The largest absolute Gasteiger partial charge is 0.490 e. The van der Waals surface area contributed by atoms with E-state index in [2.05, 4.69) is 20.3 Å². The normalized spacial score (nSPS) is 14.4. The van der Waals surface area contributed by atoms with Crippen LogP contribution >= 0.6 is 0 Å². The molecule has 11 nitrogen and oxygen atoms in total. The Bertz CT molecular complexity index is 1330. The number of halogens is 6. The van der Waals surface area contributed by atoms with Gasteiger partial charge in [0.25, 0.3) is 0 Å². The first kappa shape index (κ1) is 30.8. The zero-order chi connectivity index (χ0) is 30.5. The first-order valence-corrected chi connectivity index (χ1v) is 11.7. The molecule has 0 radical (unpaired) electrons. The van der Waals surface area contributed by atoms with Crippen molar-refractivity contribution in [2.45, 2.75) is 38.0 Å². The molecule has 0 aliphatic carbocycles.